The highest BCUT2D eigenvalue weighted by atomic mass is 32.2. The Hall–Kier alpha value is -1.22. The van der Waals surface area contributed by atoms with Gasteiger partial charge in [0.2, 0.25) is 11.6 Å². The zero-order valence-electron chi connectivity index (χ0n) is 11.9. The summed E-state index contributed by atoms with van der Waals surface area (Å²) in [6.07, 6.45) is 2.23. The monoisotopic (exact) mass is 329 g/mol. The summed E-state index contributed by atoms with van der Waals surface area (Å²) >= 11 is 3.83. The lowest BCUT2D eigenvalue weighted by Gasteiger charge is -2.21. The van der Waals surface area contributed by atoms with E-state index in [4.69, 9.17) is 0 Å². The molecule has 2 N–H and O–H groups in total. The summed E-state index contributed by atoms with van der Waals surface area (Å²) in [4.78, 5) is 18.9. The molecular weight excluding hydrogens is 310 g/mol. The third-order valence-corrected chi connectivity index (χ3v) is 5.77. The van der Waals surface area contributed by atoms with Crippen LogP contribution in [0.1, 0.15) is 13.3 Å². The lowest BCUT2D eigenvalue weighted by Crippen LogP contribution is -2.24. The topological polar surface area (TPSA) is 93.0 Å². The molecule has 1 aliphatic heterocycles. The Labute approximate surface area is 132 Å². The van der Waals surface area contributed by atoms with Crippen LogP contribution in [-0.4, -0.2) is 50.5 Å². The fourth-order valence-electron chi connectivity index (χ4n) is 1.92. The molecule has 1 fully saturated rings. The summed E-state index contributed by atoms with van der Waals surface area (Å²) in [5.41, 5.74) is -0.0700. The van der Waals surface area contributed by atoms with Crippen molar-refractivity contribution in [1.29, 1.82) is 0 Å². The van der Waals surface area contributed by atoms with Gasteiger partial charge in [0.25, 0.3) is 0 Å². The minimum atomic E-state index is -0.427. The Morgan fingerprint density at radius 2 is 2.14 bits per heavy atom. The summed E-state index contributed by atoms with van der Waals surface area (Å²) in [7, 11) is 0. The third-order valence-electron chi connectivity index (χ3n) is 2.93. The number of anilines is 2. The Morgan fingerprint density at radius 1 is 1.38 bits per heavy atom. The molecule has 1 saturated heterocycles. The van der Waals surface area contributed by atoms with E-state index in [0.717, 1.165) is 17.9 Å². The molecule has 7 nitrogen and oxygen atoms in total. The molecule has 0 radical (unpaired) electrons. The van der Waals surface area contributed by atoms with Crippen LogP contribution in [0.25, 0.3) is 0 Å². The van der Waals surface area contributed by atoms with Gasteiger partial charge in [-0.1, -0.05) is 6.92 Å². The first-order valence-corrected chi connectivity index (χ1v) is 9.09. The van der Waals surface area contributed by atoms with Crippen LogP contribution in [0.2, 0.25) is 0 Å². The number of hydrogen-bond donors (Lipinski definition) is 2. The van der Waals surface area contributed by atoms with Crippen LogP contribution in [0.3, 0.4) is 0 Å². The van der Waals surface area contributed by atoms with Crippen molar-refractivity contribution in [3.8, 4) is 0 Å². The SMILES string of the molecule is CCCNc1ncnc(NCC2CSCCS2)c1[N+](=O)[O-]. The molecule has 0 saturated carbocycles. The molecular formula is C12H19N5O2S2. The van der Waals surface area contributed by atoms with E-state index in [-0.39, 0.29) is 11.5 Å². The Bertz CT molecular complexity index is 483. The number of aromatic nitrogens is 2. The van der Waals surface area contributed by atoms with Gasteiger partial charge in [0.15, 0.2) is 0 Å². The van der Waals surface area contributed by atoms with E-state index < -0.39 is 4.92 Å². The summed E-state index contributed by atoms with van der Waals surface area (Å²) in [5.74, 6) is 3.96. The van der Waals surface area contributed by atoms with Crippen LogP contribution in [0.5, 0.6) is 0 Å². The van der Waals surface area contributed by atoms with Crippen molar-refractivity contribution in [2.45, 2.75) is 18.6 Å². The predicted octanol–water partition coefficient (Wildman–Crippen LogP) is 2.47. The van der Waals surface area contributed by atoms with Crippen LogP contribution in [0.15, 0.2) is 6.33 Å². The fourth-order valence-corrected chi connectivity index (χ4v) is 4.53. The molecule has 1 unspecified atom stereocenters. The van der Waals surface area contributed by atoms with Crippen LogP contribution in [-0.2, 0) is 0 Å². The van der Waals surface area contributed by atoms with Gasteiger partial charge in [0.05, 0.1) is 4.92 Å². The molecule has 0 bridgehead atoms. The van der Waals surface area contributed by atoms with Crippen molar-refractivity contribution in [2.24, 2.45) is 0 Å². The van der Waals surface area contributed by atoms with Crippen molar-refractivity contribution >= 4 is 40.8 Å². The number of nitrogens with one attached hydrogen (secondary N) is 2. The lowest BCUT2D eigenvalue weighted by atomic mass is 10.3. The largest absolute Gasteiger partial charge is 0.364 e. The first kappa shape index (κ1) is 16.2. The van der Waals surface area contributed by atoms with Crippen molar-refractivity contribution in [2.75, 3.05) is 41.0 Å². The lowest BCUT2D eigenvalue weighted by molar-refractivity contribution is -0.383. The van der Waals surface area contributed by atoms with Crippen LogP contribution >= 0.6 is 23.5 Å². The van der Waals surface area contributed by atoms with E-state index in [2.05, 4.69) is 20.6 Å². The molecule has 0 aliphatic carbocycles. The second kappa shape index (κ2) is 8.28. The number of thioether (sulfide) groups is 2. The Kier molecular flexibility index (Phi) is 6.37. The first-order valence-electron chi connectivity index (χ1n) is 6.88. The zero-order valence-corrected chi connectivity index (χ0v) is 13.5. The second-order valence-corrected chi connectivity index (χ2v) is 7.11. The van der Waals surface area contributed by atoms with Gasteiger partial charge >= 0.3 is 5.69 Å². The summed E-state index contributed by atoms with van der Waals surface area (Å²) in [5, 5.41) is 17.9. The minimum Gasteiger partial charge on any atom is -0.364 e. The number of rotatable bonds is 7. The molecule has 1 aromatic rings. The smallest absolute Gasteiger partial charge is 0.353 e. The van der Waals surface area contributed by atoms with Crippen LogP contribution in [0.4, 0.5) is 17.3 Å². The molecule has 0 amide bonds. The van der Waals surface area contributed by atoms with E-state index >= 15 is 0 Å². The Morgan fingerprint density at radius 3 is 2.76 bits per heavy atom. The van der Waals surface area contributed by atoms with Gasteiger partial charge in [-0.25, -0.2) is 9.97 Å². The molecule has 1 atom stereocenters. The maximum atomic E-state index is 11.3. The third kappa shape index (κ3) is 4.63. The fraction of sp³-hybridized carbons (Fsp3) is 0.667. The van der Waals surface area contributed by atoms with Gasteiger partial charge in [-0.3, -0.25) is 10.1 Å². The van der Waals surface area contributed by atoms with Crippen LogP contribution in [0, 0.1) is 10.1 Å². The van der Waals surface area contributed by atoms with Gasteiger partial charge in [-0.2, -0.15) is 23.5 Å². The van der Waals surface area contributed by atoms with Crippen molar-refractivity contribution < 1.29 is 4.92 Å². The molecule has 1 aliphatic rings. The highest BCUT2D eigenvalue weighted by Gasteiger charge is 2.23. The highest BCUT2D eigenvalue weighted by Crippen LogP contribution is 2.30. The Balaban J connectivity index is 2.07. The molecule has 2 rings (SSSR count). The van der Waals surface area contributed by atoms with Gasteiger partial charge in [0, 0.05) is 35.6 Å². The minimum absolute atomic E-state index is 0.0700. The van der Waals surface area contributed by atoms with E-state index in [1.54, 1.807) is 0 Å². The van der Waals surface area contributed by atoms with Gasteiger partial charge in [-0.05, 0) is 6.42 Å². The van der Waals surface area contributed by atoms with E-state index in [0.29, 0.717) is 24.2 Å². The molecule has 9 heteroatoms. The average molecular weight is 329 g/mol. The molecule has 0 aromatic carbocycles. The predicted molar refractivity (Wildman–Crippen MR) is 89.5 cm³/mol. The normalized spacial score (nSPS) is 18.2. The molecule has 116 valence electrons. The van der Waals surface area contributed by atoms with E-state index in [1.807, 2.05) is 30.4 Å². The maximum absolute atomic E-state index is 11.3. The molecule has 0 spiro atoms. The van der Waals surface area contributed by atoms with E-state index in [1.165, 1.54) is 12.1 Å². The van der Waals surface area contributed by atoms with Gasteiger partial charge in [-0.15, -0.1) is 0 Å². The van der Waals surface area contributed by atoms with Gasteiger partial charge < -0.3 is 10.6 Å². The summed E-state index contributed by atoms with van der Waals surface area (Å²) in [6, 6.07) is 0. The standard InChI is InChI=1S/C12H19N5O2S2/c1-2-3-13-11-10(17(18)19)12(16-8-15-11)14-6-9-7-20-4-5-21-9/h8-9H,2-7H2,1H3,(H2,13,14,15,16). The number of nitro groups is 1. The molecule has 21 heavy (non-hydrogen) atoms. The molecule has 1 aromatic heterocycles. The molecule has 2 heterocycles. The van der Waals surface area contributed by atoms with Crippen LogP contribution < -0.4 is 10.6 Å². The van der Waals surface area contributed by atoms with Crippen molar-refractivity contribution in [1.82, 2.24) is 9.97 Å². The average Bonchev–Trinajstić information content (AvgIpc) is 2.51. The summed E-state index contributed by atoms with van der Waals surface area (Å²) in [6.45, 7) is 3.33. The van der Waals surface area contributed by atoms with E-state index in [9.17, 15) is 10.1 Å². The summed E-state index contributed by atoms with van der Waals surface area (Å²) < 4.78 is 0. The van der Waals surface area contributed by atoms with Crippen molar-refractivity contribution in [3.05, 3.63) is 16.4 Å². The quantitative estimate of drug-likeness (QED) is 0.582. The number of nitrogens with zero attached hydrogens (tertiary/aromatic N) is 3. The number of hydrogen-bond acceptors (Lipinski definition) is 8. The zero-order chi connectivity index (χ0) is 15.1. The maximum Gasteiger partial charge on any atom is 0.353 e. The first-order chi connectivity index (χ1) is 10.2. The van der Waals surface area contributed by atoms with Gasteiger partial charge in [0.1, 0.15) is 6.33 Å². The highest BCUT2D eigenvalue weighted by molar-refractivity contribution is 8.06. The second-order valence-electron chi connectivity index (χ2n) is 4.55. The van der Waals surface area contributed by atoms with Crippen molar-refractivity contribution in [3.63, 3.8) is 0 Å².